The van der Waals surface area contributed by atoms with Gasteiger partial charge in [-0.15, -0.1) is 0 Å². The molecule has 3 nitrogen and oxygen atoms in total. The van der Waals surface area contributed by atoms with Crippen molar-refractivity contribution in [2.45, 2.75) is 25.6 Å². The number of aliphatic hydroxyl groups excluding tert-OH is 1. The molecule has 1 atom stereocenters. The number of nitrogens with zero attached hydrogens (tertiary/aromatic N) is 1. The molecular formula is C15H14ClNO2. The Morgan fingerprint density at radius 3 is 3.11 bits per heavy atom. The van der Waals surface area contributed by atoms with Gasteiger partial charge in [0.15, 0.2) is 0 Å². The van der Waals surface area contributed by atoms with E-state index in [-0.39, 0.29) is 6.10 Å². The summed E-state index contributed by atoms with van der Waals surface area (Å²) in [7, 11) is 0. The van der Waals surface area contributed by atoms with Crippen LogP contribution in [0.5, 0.6) is 5.75 Å². The van der Waals surface area contributed by atoms with Gasteiger partial charge in [0, 0.05) is 18.0 Å². The van der Waals surface area contributed by atoms with E-state index in [4.69, 9.17) is 16.3 Å². The van der Waals surface area contributed by atoms with Gasteiger partial charge in [0.2, 0.25) is 0 Å². The van der Waals surface area contributed by atoms with Crippen LogP contribution in [-0.4, -0.2) is 10.1 Å². The Kier molecular flexibility index (Phi) is 3.40. The number of hydrogen-bond acceptors (Lipinski definition) is 3. The van der Waals surface area contributed by atoms with Crippen molar-refractivity contribution in [1.29, 1.82) is 0 Å². The third-order valence-corrected chi connectivity index (χ3v) is 3.75. The third kappa shape index (κ3) is 2.57. The monoisotopic (exact) mass is 275 g/mol. The van der Waals surface area contributed by atoms with Gasteiger partial charge in [-0.05, 0) is 42.2 Å². The second-order valence-electron chi connectivity index (χ2n) is 4.67. The smallest absolute Gasteiger partial charge is 0.120 e. The molecule has 19 heavy (non-hydrogen) atoms. The van der Waals surface area contributed by atoms with Gasteiger partial charge in [0.25, 0.3) is 0 Å². The Balaban J connectivity index is 1.73. The minimum absolute atomic E-state index is 0.321. The highest BCUT2D eigenvalue weighted by atomic mass is 35.5. The summed E-state index contributed by atoms with van der Waals surface area (Å²) >= 11 is 6.03. The Bertz CT molecular complexity index is 600. The molecule has 4 heteroatoms. The zero-order valence-corrected chi connectivity index (χ0v) is 11.1. The molecule has 1 N–H and O–H groups in total. The van der Waals surface area contributed by atoms with Gasteiger partial charge in [-0.25, -0.2) is 0 Å². The topological polar surface area (TPSA) is 42.4 Å². The van der Waals surface area contributed by atoms with E-state index in [0.29, 0.717) is 11.6 Å². The molecule has 1 heterocycles. The summed E-state index contributed by atoms with van der Waals surface area (Å²) in [5.41, 5.74) is 3.11. The molecule has 1 aromatic heterocycles. The van der Waals surface area contributed by atoms with Gasteiger partial charge in [0.1, 0.15) is 12.4 Å². The number of aryl methyl sites for hydroxylation is 1. The highest BCUT2D eigenvalue weighted by Crippen LogP contribution is 2.33. The quantitative estimate of drug-likeness (QED) is 0.935. The Hall–Kier alpha value is -1.58. The summed E-state index contributed by atoms with van der Waals surface area (Å²) in [4.78, 5) is 3.94. The van der Waals surface area contributed by atoms with Crippen molar-refractivity contribution in [2.75, 3.05) is 0 Å². The maximum atomic E-state index is 9.75. The summed E-state index contributed by atoms with van der Waals surface area (Å²) in [6, 6.07) is 7.68. The summed E-state index contributed by atoms with van der Waals surface area (Å²) in [6.45, 7) is 0.419. The second kappa shape index (κ2) is 5.19. The van der Waals surface area contributed by atoms with Crippen LogP contribution in [0, 0.1) is 0 Å². The first-order chi connectivity index (χ1) is 9.24. The maximum Gasteiger partial charge on any atom is 0.120 e. The zero-order chi connectivity index (χ0) is 13.2. The van der Waals surface area contributed by atoms with Crippen LogP contribution in [0.2, 0.25) is 5.02 Å². The summed E-state index contributed by atoms with van der Waals surface area (Å²) in [6.07, 6.45) is 4.69. The van der Waals surface area contributed by atoms with Crippen molar-refractivity contribution in [2.24, 2.45) is 0 Å². The molecule has 1 aliphatic carbocycles. The predicted molar refractivity (Wildman–Crippen MR) is 73.3 cm³/mol. The molecule has 1 aliphatic rings. The molecule has 1 aromatic carbocycles. The summed E-state index contributed by atoms with van der Waals surface area (Å²) in [5.74, 6) is 0.806. The van der Waals surface area contributed by atoms with E-state index in [1.807, 2.05) is 24.3 Å². The fourth-order valence-corrected chi connectivity index (χ4v) is 2.52. The van der Waals surface area contributed by atoms with Crippen molar-refractivity contribution in [3.63, 3.8) is 0 Å². The highest BCUT2D eigenvalue weighted by Gasteiger charge is 2.20. The zero-order valence-electron chi connectivity index (χ0n) is 10.3. The van der Waals surface area contributed by atoms with Gasteiger partial charge in [-0.1, -0.05) is 17.7 Å². The van der Waals surface area contributed by atoms with Gasteiger partial charge in [0.05, 0.1) is 11.1 Å². The van der Waals surface area contributed by atoms with E-state index in [2.05, 4.69) is 4.98 Å². The first-order valence-corrected chi connectivity index (χ1v) is 6.64. The lowest BCUT2D eigenvalue weighted by Gasteiger charge is -2.09. The largest absolute Gasteiger partial charge is 0.489 e. The molecule has 0 saturated carbocycles. The molecule has 0 amide bonds. The fraction of sp³-hybridized carbons (Fsp3) is 0.267. The molecule has 0 saturated heterocycles. The van der Waals surface area contributed by atoms with Crippen LogP contribution in [-0.2, 0) is 13.0 Å². The van der Waals surface area contributed by atoms with Crippen LogP contribution in [0.4, 0.5) is 0 Å². The summed E-state index contributed by atoms with van der Waals surface area (Å²) < 4.78 is 5.74. The number of fused-ring (bicyclic) bond motifs is 1. The molecule has 2 aromatic rings. The number of halogens is 1. The standard InChI is InChI=1S/C15H14ClNO2/c16-14-8-17-6-5-11(14)9-19-12-2-3-13-10(7-12)1-4-15(13)18/h2-3,5-8,15,18H,1,4,9H2/t15-/m0/s1. The normalized spacial score (nSPS) is 17.3. The van der Waals surface area contributed by atoms with Crippen LogP contribution in [0.1, 0.15) is 29.2 Å². The predicted octanol–water partition coefficient (Wildman–Crippen LogP) is 3.29. The first-order valence-electron chi connectivity index (χ1n) is 6.26. The fourth-order valence-electron chi connectivity index (χ4n) is 2.34. The minimum atomic E-state index is -0.321. The van der Waals surface area contributed by atoms with Crippen LogP contribution in [0.3, 0.4) is 0 Å². The molecule has 98 valence electrons. The van der Waals surface area contributed by atoms with E-state index in [9.17, 15) is 5.11 Å². The highest BCUT2D eigenvalue weighted by molar-refractivity contribution is 6.31. The SMILES string of the molecule is O[C@H]1CCc2cc(OCc3ccncc3Cl)ccc21. The third-order valence-electron chi connectivity index (χ3n) is 3.41. The lowest BCUT2D eigenvalue weighted by Crippen LogP contribution is -1.98. The molecular weight excluding hydrogens is 262 g/mol. The maximum absolute atomic E-state index is 9.75. The van der Waals surface area contributed by atoms with Crippen molar-refractivity contribution < 1.29 is 9.84 Å². The van der Waals surface area contributed by atoms with Gasteiger partial charge in [-0.3, -0.25) is 4.98 Å². The molecule has 0 unspecified atom stereocenters. The van der Waals surface area contributed by atoms with Crippen molar-refractivity contribution in [1.82, 2.24) is 4.98 Å². The lowest BCUT2D eigenvalue weighted by atomic mass is 10.1. The van der Waals surface area contributed by atoms with Crippen LogP contribution >= 0.6 is 11.6 Å². The lowest BCUT2D eigenvalue weighted by molar-refractivity contribution is 0.180. The van der Waals surface area contributed by atoms with Crippen LogP contribution in [0.25, 0.3) is 0 Å². The number of pyridine rings is 1. The number of hydrogen-bond donors (Lipinski definition) is 1. The number of aromatic nitrogens is 1. The number of rotatable bonds is 3. The Morgan fingerprint density at radius 1 is 1.37 bits per heavy atom. The summed E-state index contributed by atoms with van der Waals surface area (Å²) in [5, 5.41) is 10.4. The number of benzene rings is 1. The number of ether oxygens (including phenoxy) is 1. The van der Waals surface area contributed by atoms with E-state index in [0.717, 1.165) is 29.7 Å². The van der Waals surface area contributed by atoms with Crippen molar-refractivity contribution >= 4 is 11.6 Å². The van der Waals surface area contributed by atoms with Crippen molar-refractivity contribution in [3.8, 4) is 5.75 Å². The Morgan fingerprint density at radius 2 is 2.26 bits per heavy atom. The van der Waals surface area contributed by atoms with E-state index < -0.39 is 0 Å². The van der Waals surface area contributed by atoms with Gasteiger partial charge in [-0.2, -0.15) is 0 Å². The minimum Gasteiger partial charge on any atom is -0.489 e. The van der Waals surface area contributed by atoms with Crippen molar-refractivity contribution in [3.05, 3.63) is 58.4 Å². The molecule has 0 aliphatic heterocycles. The molecule has 3 rings (SSSR count). The van der Waals surface area contributed by atoms with Gasteiger partial charge < -0.3 is 9.84 Å². The van der Waals surface area contributed by atoms with Gasteiger partial charge >= 0.3 is 0 Å². The molecule has 0 radical (unpaired) electrons. The van der Waals surface area contributed by atoms with E-state index in [1.165, 1.54) is 5.56 Å². The molecule has 0 fully saturated rings. The first kappa shape index (κ1) is 12.5. The van der Waals surface area contributed by atoms with Crippen LogP contribution in [0.15, 0.2) is 36.7 Å². The second-order valence-corrected chi connectivity index (χ2v) is 5.08. The van der Waals surface area contributed by atoms with E-state index in [1.54, 1.807) is 12.4 Å². The number of aliphatic hydroxyl groups is 1. The average molecular weight is 276 g/mol. The van der Waals surface area contributed by atoms with E-state index >= 15 is 0 Å². The molecule has 0 bridgehead atoms. The Labute approximate surface area is 116 Å². The molecule has 0 spiro atoms. The average Bonchev–Trinajstić information content (AvgIpc) is 2.79. The van der Waals surface area contributed by atoms with Crippen LogP contribution < -0.4 is 4.74 Å².